The lowest BCUT2D eigenvalue weighted by atomic mass is 9.89. The second-order valence-corrected chi connectivity index (χ2v) is 7.30. The number of aliphatic carboxylic acids is 1. The molecule has 1 aliphatic heterocycles. The minimum absolute atomic E-state index is 0.0346. The summed E-state index contributed by atoms with van der Waals surface area (Å²) in [5.74, 6) is 2.27. The first-order chi connectivity index (χ1) is 7.92. The Morgan fingerprint density at radius 1 is 1.41 bits per heavy atom. The molecule has 0 bridgehead atoms. The molecular weight excluding hydrogens is 258 g/mol. The summed E-state index contributed by atoms with van der Waals surface area (Å²) in [7, 11) is 0. The molecule has 2 N–H and O–H groups in total. The van der Waals surface area contributed by atoms with E-state index in [2.05, 4.69) is 5.32 Å². The Hall–Kier alpha value is -0.360. The zero-order valence-electron chi connectivity index (χ0n) is 10.2. The number of rotatable bonds is 5. The maximum absolute atomic E-state index is 11.6. The van der Waals surface area contributed by atoms with Crippen molar-refractivity contribution in [3.63, 3.8) is 0 Å². The van der Waals surface area contributed by atoms with Gasteiger partial charge in [0.15, 0.2) is 0 Å². The van der Waals surface area contributed by atoms with Crippen molar-refractivity contribution in [2.45, 2.75) is 25.5 Å². The largest absolute Gasteiger partial charge is 0.481 e. The van der Waals surface area contributed by atoms with Gasteiger partial charge in [-0.15, -0.1) is 0 Å². The quantitative estimate of drug-likeness (QED) is 0.796. The van der Waals surface area contributed by atoms with Gasteiger partial charge in [0.2, 0.25) is 5.91 Å². The lowest BCUT2D eigenvalue weighted by molar-refractivity contribution is -0.149. The van der Waals surface area contributed by atoms with Crippen molar-refractivity contribution in [3.05, 3.63) is 0 Å². The number of carboxylic acids is 1. The number of carbonyl (C=O) groups excluding carboxylic acids is 1. The second kappa shape index (κ2) is 6.54. The molecule has 98 valence electrons. The molecule has 0 aromatic heterocycles. The van der Waals surface area contributed by atoms with Gasteiger partial charge in [0.25, 0.3) is 0 Å². The molecule has 1 rings (SSSR count). The van der Waals surface area contributed by atoms with E-state index in [0.717, 1.165) is 11.5 Å². The van der Waals surface area contributed by atoms with Crippen molar-refractivity contribution < 1.29 is 14.7 Å². The Balaban J connectivity index is 2.27. The van der Waals surface area contributed by atoms with E-state index in [9.17, 15) is 9.59 Å². The van der Waals surface area contributed by atoms with Crippen LogP contribution in [0.2, 0.25) is 0 Å². The molecule has 0 spiro atoms. The summed E-state index contributed by atoms with van der Waals surface area (Å²) in [6, 6.07) is 0. The monoisotopic (exact) mass is 277 g/mol. The fourth-order valence-electron chi connectivity index (χ4n) is 1.42. The fourth-order valence-corrected chi connectivity index (χ4v) is 4.03. The Kier molecular flexibility index (Phi) is 5.66. The highest BCUT2D eigenvalue weighted by Gasteiger charge is 2.30. The van der Waals surface area contributed by atoms with Gasteiger partial charge in [-0.2, -0.15) is 23.5 Å². The highest BCUT2D eigenvalue weighted by molar-refractivity contribution is 8.06. The number of thioether (sulfide) groups is 2. The Labute approximate surface area is 110 Å². The average molecular weight is 277 g/mol. The molecule has 1 unspecified atom stereocenters. The van der Waals surface area contributed by atoms with Crippen LogP contribution in [0.15, 0.2) is 0 Å². The first-order valence-corrected chi connectivity index (χ1v) is 7.81. The summed E-state index contributed by atoms with van der Waals surface area (Å²) in [6.45, 7) is 3.78. The second-order valence-electron chi connectivity index (χ2n) is 4.74. The molecule has 1 fully saturated rings. The van der Waals surface area contributed by atoms with Gasteiger partial charge in [0.1, 0.15) is 0 Å². The molecule has 1 atom stereocenters. The van der Waals surface area contributed by atoms with Crippen LogP contribution in [0.25, 0.3) is 0 Å². The van der Waals surface area contributed by atoms with Crippen LogP contribution in [0.5, 0.6) is 0 Å². The molecular formula is C11H19NO3S2. The summed E-state index contributed by atoms with van der Waals surface area (Å²) in [4.78, 5) is 22.5. The highest BCUT2D eigenvalue weighted by atomic mass is 32.2. The molecule has 0 aromatic carbocycles. The summed E-state index contributed by atoms with van der Waals surface area (Å²) in [5, 5.41) is 12.2. The predicted octanol–water partition coefficient (Wildman–Crippen LogP) is 1.45. The highest BCUT2D eigenvalue weighted by Crippen LogP contribution is 2.24. The van der Waals surface area contributed by atoms with Crippen LogP contribution < -0.4 is 5.32 Å². The van der Waals surface area contributed by atoms with Crippen molar-refractivity contribution in [1.82, 2.24) is 5.32 Å². The lowest BCUT2D eigenvalue weighted by Crippen LogP contribution is -2.37. The van der Waals surface area contributed by atoms with E-state index in [-0.39, 0.29) is 12.3 Å². The van der Waals surface area contributed by atoms with E-state index in [0.29, 0.717) is 11.8 Å². The Morgan fingerprint density at radius 3 is 2.65 bits per heavy atom. The molecule has 0 aliphatic carbocycles. The third kappa shape index (κ3) is 5.21. The van der Waals surface area contributed by atoms with Gasteiger partial charge in [-0.1, -0.05) is 0 Å². The van der Waals surface area contributed by atoms with Gasteiger partial charge in [0.05, 0.1) is 5.41 Å². The third-order valence-electron chi connectivity index (χ3n) is 2.59. The molecule has 1 heterocycles. The van der Waals surface area contributed by atoms with E-state index in [4.69, 9.17) is 5.11 Å². The number of hydrogen-bond donors (Lipinski definition) is 2. The standard InChI is InChI=1S/C11H19NO3S2/c1-11(2,10(14)15)5-9(13)12-6-8-7-16-3-4-17-8/h8H,3-7H2,1-2H3,(H,12,13)(H,14,15). The van der Waals surface area contributed by atoms with Crippen molar-refractivity contribution in [2.75, 3.05) is 23.8 Å². The predicted molar refractivity (Wildman–Crippen MR) is 72.6 cm³/mol. The maximum Gasteiger partial charge on any atom is 0.309 e. The van der Waals surface area contributed by atoms with Gasteiger partial charge >= 0.3 is 5.97 Å². The summed E-state index contributed by atoms with van der Waals surface area (Å²) >= 11 is 3.78. The third-order valence-corrected chi connectivity index (χ3v) is 5.44. The zero-order valence-corrected chi connectivity index (χ0v) is 11.8. The molecule has 0 aromatic rings. The minimum atomic E-state index is -0.988. The van der Waals surface area contributed by atoms with Gasteiger partial charge < -0.3 is 10.4 Å². The number of hydrogen-bond acceptors (Lipinski definition) is 4. The molecule has 1 amide bonds. The van der Waals surface area contributed by atoms with Gasteiger partial charge in [-0.25, -0.2) is 0 Å². The number of carbonyl (C=O) groups is 2. The topological polar surface area (TPSA) is 66.4 Å². The van der Waals surface area contributed by atoms with Crippen molar-refractivity contribution in [2.24, 2.45) is 5.41 Å². The van der Waals surface area contributed by atoms with Crippen LogP contribution in [-0.2, 0) is 9.59 Å². The fraction of sp³-hybridized carbons (Fsp3) is 0.818. The van der Waals surface area contributed by atoms with E-state index in [1.165, 1.54) is 5.75 Å². The molecule has 0 radical (unpaired) electrons. The van der Waals surface area contributed by atoms with Crippen LogP contribution >= 0.6 is 23.5 Å². The first-order valence-electron chi connectivity index (χ1n) is 5.61. The Morgan fingerprint density at radius 2 is 2.12 bits per heavy atom. The van der Waals surface area contributed by atoms with Gasteiger partial charge in [0, 0.05) is 35.5 Å². The Bertz CT molecular complexity index is 288. The van der Waals surface area contributed by atoms with Crippen LogP contribution in [0.1, 0.15) is 20.3 Å². The molecule has 1 saturated heterocycles. The number of amides is 1. The average Bonchev–Trinajstić information content (AvgIpc) is 2.27. The van der Waals surface area contributed by atoms with Crippen molar-refractivity contribution >= 4 is 35.4 Å². The lowest BCUT2D eigenvalue weighted by Gasteiger charge is -2.22. The molecule has 6 heteroatoms. The maximum atomic E-state index is 11.6. The zero-order chi connectivity index (χ0) is 12.9. The van der Waals surface area contributed by atoms with Crippen LogP contribution in [-0.4, -0.2) is 46.0 Å². The van der Waals surface area contributed by atoms with Gasteiger partial charge in [-0.3, -0.25) is 9.59 Å². The van der Waals surface area contributed by atoms with Crippen LogP contribution in [0.4, 0.5) is 0 Å². The molecule has 17 heavy (non-hydrogen) atoms. The number of carboxylic acid groups (broad SMARTS) is 1. The minimum Gasteiger partial charge on any atom is -0.481 e. The van der Waals surface area contributed by atoms with E-state index >= 15 is 0 Å². The van der Waals surface area contributed by atoms with E-state index in [1.807, 2.05) is 23.5 Å². The summed E-state index contributed by atoms with van der Waals surface area (Å²) in [6.07, 6.45) is 0.0346. The number of nitrogens with one attached hydrogen (secondary N) is 1. The molecule has 4 nitrogen and oxygen atoms in total. The smallest absolute Gasteiger partial charge is 0.309 e. The van der Waals surface area contributed by atoms with E-state index < -0.39 is 11.4 Å². The summed E-state index contributed by atoms with van der Waals surface area (Å²) < 4.78 is 0. The van der Waals surface area contributed by atoms with Crippen molar-refractivity contribution in [3.8, 4) is 0 Å². The first kappa shape index (κ1) is 14.7. The normalized spacial score (nSPS) is 20.9. The van der Waals surface area contributed by atoms with Gasteiger partial charge in [-0.05, 0) is 13.8 Å². The summed E-state index contributed by atoms with van der Waals surface area (Å²) in [5.41, 5.74) is -0.988. The van der Waals surface area contributed by atoms with E-state index in [1.54, 1.807) is 13.8 Å². The molecule has 0 saturated carbocycles. The van der Waals surface area contributed by atoms with Crippen LogP contribution in [0.3, 0.4) is 0 Å². The SMILES string of the molecule is CC(C)(CC(=O)NCC1CSCCS1)C(=O)O. The van der Waals surface area contributed by atoms with Crippen LogP contribution in [0, 0.1) is 5.41 Å². The molecule has 1 aliphatic rings. The van der Waals surface area contributed by atoms with Crippen molar-refractivity contribution in [1.29, 1.82) is 0 Å².